The van der Waals surface area contributed by atoms with Crippen molar-refractivity contribution in [3.05, 3.63) is 87.3 Å². The zero-order valence-corrected chi connectivity index (χ0v) is 17.6. The fourth-order valence-electron chi connectivity index (χ4n) is 3.85. The predicted molar refractivity (Wildman–Crippen MR) is 115 cm³/mol. The van der Waals surface area contributed by atoms with Crippen molar-refractivity contribution in [1.82, 2.24) is 4.90 Å². The molecular formula is C23H23BrN2O2. The molecule has 0 bridgehead atoms. The van der Waals surface area contributed by atoms with Crippen LogP contribution in [0.15, 0.2) is 68.5 Å². The summed E-state index contributed by atoms with van der Waals surface area (Å²) < 4.78 is 6.83. The largest absolute Gasteiger partial charge is 0.466 e. The summed E-state index contributed by atoms with van der Waals surface area (Å²) in [4.78, 5) is 7.31. The van der Waals surface area contributed by atoms with E-state index in [1.807, 2.05) is 32.0 Å². The molecular weight excluding hydrogens is 416 g/mol. The van der Waals surface area contributed by atoms with E-state index in [0.29, 0.717) is 13.0 Å². The molecule has 1 atom stereocenters. The third-order valence-corrected chi connectivity index (χ3v) is 5.54. The summed E-state index contributed by atoms with van der Waals surface area (Å²) in [5, 5.41) is 9.52. The SMILES string of the molecule is Cc1cc(C2=Nc3ccc(Br)cc3C(c3ccccc3)N2CCCO)c(C)o1. The Balaban J connectivity index is 1.94. The molecule has 1 unspecified atom stereocenters. The quantitative estimate of drug-likeness (QED) is 0.569. The van der Waals surface area contributed by atoms with E-state index in [1.165, 1.54) is 5.56 Å². The summed E-state index contributed by atoms with van der Waals surface area (Å²) in [6.07, 6.45) is 0.668. The van der Waals surface area contributed by atoms with Crippen molar-refractivity contribution in [2.45, 2.75) is 26.3 Å². The van der Waals surface area contributed by atoms with Crippen LogP contribution in [0.4, 0.5) is 5.69 Å². The molecule has 0 radical (unpaired) electrons. The van der Waals surface area contributed by atoms with Crippen molar-refractivity contribution in [3.8, 4) is 0 Å². The summed E-state index contributed by atoms with van der Waals surface area (Å²) in [6.45, 7) is 4.77. The van der Waals surface area contributed by atoms with Gasteiger partial charge in [0.25, 0.3) is 0 Å². The Morgan fingerprint density at radius 1 is 1.11 bits per heavy atom. The maximum atomic E-state index is 9.52. The van der Waals surface area contributed by atoms with Gasteiger partial charge in [0.05, 0.1) is 17.3 Å². The Bertz CT molecular complexity index is 1010. The van der Waals surface area contributed by atoms with Crippen LogP contribution in [-0.2, 0) is 0 Å². The number of hydrogen-bond acceptors (Lipinski definition) is 4. The van der Waals surface area contributed by atoms with Crippen LogP contribution in [0.5, 0.6) is 0 Å². The molecule has 0 aliphatic carbocycles. The van der Waals surface area contributed by atoms with Gasteiger partial charge in [0.1, 0.15) is 17.4 Å². The van der Waals surface area contributed by atoms with Crippen molar-refractivity contribution in [2.24, 2.45) is 4.99 Å². The van der Waals surface area contributed by atoms with Crippen molar-refractivity contribution in [1.29, 1.82) is 0 Å². The average Bonchev–Trinajstić information content (AvgIpc) is 3.03. The van der Waals surface area contributed by atoms with Gasteiger partial charge in [0, 0.05) is 23.2 Å². The molecule has 0 fully saturated rings. The number of amidine groups is 1. The number of aryl methyl sites for hydroxylation is 2. The number of rotatable bonds is 5. The summed E-state index contributed by atoms with van der Waals surface area (Å²) in [7, 11) is 0. The van der Waals surface area contributed by atoms with E-state index in [-0.39, 0.29) is 12.6 Å². The Hall–Kier alpha value is -2.37. The van der Waals surface area contributed by atoms with Crippen molar-refractivity contribution >= 4 is 27.5 Å². The highest BCUT2D eigenvalue weighted by atomic mass is 79.9. The molecule has 1 N–H and O–H groups in total. The lowest BCUT2D eigenvalue weighted by Crippen LogP contribution is -2.39. The molecule has 0 amide bonds. The summed E-state index contributed by atoms with van der Waals surface area (Å²) >= 11 is 3.62. The molecule has 144 valence electrons. The topological polar surface area (TPSA) is 49.0 Å². The second-order valence-corrected chi connectivity index (χ2v) is 7.96. The number of nitrogens with zero attached hydrogens (tertiary/aromatic N) is 2. The molecule has 5 heteroatoms. The number of hydrogen-bond donors (Lipinski definition) is 1. The monoisotopic (exact) mass is 438 g/mol. The third kappa shape index (κ3) is 3.52. The highest BCUT2D eigenvalue weighted by Crippen LogP contribution is 2.42. The van der Waals surface area contributed by atoms with Gasteiger partial charge in [0.2, 0.25) is 0 Å². The molecule has 0 saturated heterocycles. The number of fused-ring (bicyclic) bond motifs is 1. The van der Waals surface area contributed by atoms with Gasteiger partial charge >= 0.3 is 0 Å². The normalized spacial score (nSPS) is 16.1. The molecule has 1 aliphatic heterocycles. The van der Waals surface area contributed by atoms with Crippen LogP contribution in [-0.4, -0.2) is 29.0 Å². The van der Waals surface area contributed by atoms with Crippen LogP contribution in [0, 0.1) is 13.8 Å². The second-order valence-electron chi connectivity index (χ2n) is 7.05. The molecule has 4 rings (SSSR count). The molecule has 2 aromatic carbocycles. The average molecular weight is 439 g/mol. The van der Waals surface area contributed by atoms with Crippen LogP contribution >= 0.6 is 15.9 Å². The number of aliphatic imine (C=N–C) groups is 1. The highest BCUT2D eigenvalue weighted by molar-refractivity contribution is 9.10. The van der Waals surface area contributed by atoms with Crippen molar-refractivity contribution < 1.29 is 9.52 Å². The van der Waals surface area contributed by atoms with E-state index in [2.05, 4.69) is 57.2 Å². The number of halogens is 1. The molecule has 1 aliphatic rings. The number of benzene rings is 2. The third-order valence-electron chi connectivity index (χ3n) is 5.05. The number of furan rings is 1. The maximum Gasteiger partial charge on any atom is 0.140 e. The van der Waals surface area contributed by atoms with Gasteiger partial charge in [-0.25, -0.2) is 4.99 Å². The van der Waals surface area contributed by atoms with Crippen LogP contribution < -0.4 is 0 Å². The Kier molecular flexibility index (Phi) is 5.38. The lowest BCUT2D eigenvalue weighted by molar-refractivity contribution is 0.254. The van der Waals surface area contributed by atoms with E-state index in [4.69, 9.17) is 9.41 Å². The highest BCUT2D eigenvalue weighted by Gasteiger charge is 2.33. The van der Waals surface area contributed by atoms with Gasteiger partial charge < -0.3 is 14.4 Å². The standard InChI is InChI=1S/C23H23BrN2O2/c1-15-13-19(16(2)28-15)23-25-21-10-9-18(24)14-20(21)22(26(23)11-6-12-27)17-7-4-3-5-8-17/h3-5,7-10,13-14,22,27H,6,11-12H2,1-2H3. The van der Waals surface area contributed by atoms with E-state index >= 15 is 0 Å². The van der Waals surface area contributed by atoms with E-state index < -0.39 is 0 Å². The van der Waals surface area contributed by atoms with Crippen LogP contribution in [0.25, 0.3) is 0 Å². The number of aliphatic hydroxyl groups is 1. The first-order valence-corrected chi connectivity index (χ1v) is 10.3. The van der Waals surface area contributed by atoms with Crippen molar-refractivity contribution in [2.75, 3.05) is 13.2 Å². The molecule has 4 nitrogen and oxygen atoms in total. The summed E-state index contributed by atoms with van der Waals surface area (Å²) in [5.41, 5.74) is 4.32. The maximum absolute atomic E-state index is 9.52. The lowest BCUT2D eigenvalue weighted by Gasteiger charge is -2.38. The van der Waals surface area contributed by atoms with Gasteiger partial charge in [-0.1, -0.05) is 46.3 Å². The first-order chi connectivity index (χ1) is 13.6. The molecule has 2 heterocycles. The van der Waals surface area contributed by atoms with Gasteiger partial charge in [-0.05, 0) is 50.1 Å². The van der Waals surface area contributed by atoms with Gasteiger partial charge in [0.15, 0.2) is 0 Å². The minimum absolute atomic E-state index is 0.0161. The smallest absolute Gasteiger partial charge is 0.140 e. The van der Waals surface area contributed by atoms with E-state index in [9.17, 15) is 5.11 Å². The fraction of sp³-hybridized carbons (Fsp3) is 0.261. The lowest BCUT2D eigenvalue weighted by atomic mass is 9.92. The van der Waals surface area contributed by atoms with Crippen LogP contribution in [0.3, 0.4) is 0 Å². The van der Waals surface area contributed by atoms with E-state index in [0.717, 1.165) is 38.6 Å². The van der Waals surface area contributed by atoms with Gasteiger partial charge in [-0.2, -0.15) is 0 Å². The first kappa shape index (κ1) is 19.0. The van der Waals surface area contributed by atoms with Crippen LogP contribution in [0.1, 0.15) is 40.7 Å². The molecule has 0 saturated carbocycles. The van der Waals surface area contributed by atoms with E-state index in [1.54, 1.807) is 0 Å². The van der Waals surface area contributed by atoms with Crippen LogP contribution in [0.2, 0.25) is 0 Å². The minimum atomic E-state index is 0.0161. The Morgan fingerprint density at radius 3 is 2.57 bits per heavy atom. The zero-order valence-electron chi connectivity index (χ0n) is 16.0. The summed E-state index contributed by atoms with van der Waals surface area (Å²) in [5.74, 6) is 2.62. The predicted octanol–water partition coefficient (Wildman–Crippen LogP) is 5.52. The van der Waals surface area contributed by atoms with Gasteiger partial charge in [-0.3, -0.25) is 0 Å². The fourth-order valence-corrected chi connectivity index (χ4v) is 4.23. The summed E-state index contributed by atoms with van der Waals surface area (Å²) in [6, 6.07) is 18.8. The minimum Gasteiger partial charge on any atom is -0.466 e. The molecule has 28 heavy (non-hydrogen) atoms. The molecule has 0 spiro atoms. The Labute approximate surface area is 173 Å². The zero-order chi connectivity index (χ0) is 19.7. The van der Waals surface area contributed by atoms with Crippen molar-refractivity contribution in [3.63, 3.8) is 0 Å². The number of aliphatic hydroxyl groups excluding tert-OH is 1. The molecule has 1 aromatic heterocycles. The Morgan fingerprint density at radius 2 is 1.89 bits per heavy atom. The second kappa shape index (κ2) is 7.94. The first-order valence-electron chi connectivity index (χ1n) is 9.46. The molecule has 3 aromatic rings. The van der Waals surface area contributed by atoms with Gasteiger partial charge in [-0.15, -0.1) is 0 Å².